The zero-order chi connectivity index (χ0) is 15.2. The molecule has 1 fully saturated rings. The van der Waals surface area contributed by atoms with Gasteiger partial charge in [-0.1, -0.05) is 6.07 Å². The van der Waals surface area contributed by atoms with Gasteiger partial charge in [0.25, 0.3) is 5.91 Å². The Morgan fingerprint density at radius 2 is 2.19 bits per heavy atom. The molecule has 4 heteroatoms. The summed E-state index contributed by atoms with van der Waals surface area (Å²) < 4.78 is 5.60. The molecule has 1 aliphatic rings. The van der Waals surface area contributed by atoms with Crippen LogP contribution in [0.3, 0.4) is 0 Å². The topological polar surface area (TPSA) is 41.6 Å². The number of aryl methyl sites for hydroxylation is 1. The average Bonchev–Trinajstić information content (AvgIpc) is 3.27. The first-order chi connectivity index (χ1) is 10.1. The Hall–Kier alpha value is -1.55. The molecule has 1 saturated carbocycles. The minimum absolute atomic E-state index is 0.0426. The third-order valence-electron chi connectivity index (χ3n) is 3.74. The van der Waals surface area contributed by atoms with Gasteiger partial charge in [-0.05, 0) is 50.3 Å². The molecule has 116 valence electrons. The Kier molecular flexibility index (Phi) is 5.62. The van der Waals surface area contributed by atoms with Crippen LogP contribution in [0.2, 0.25) is 0 Å². The van der Waals surface area contributed by atoms with E-state index < -0.39 is 0 Å². The van der Waals surface area contributed by atoms with Crippen LogP contribution < -0.4 is 5.32 Å². The normalized spacial score (nSPS) is 14.0. The monoisotopic (exact) mass is 290 g/mol. The van der Waals surface area contributed by atoms with Gasteiger partial charge < -0.3 is 15.0 Å². The number of nitrogens with zero attached hydrogens (tertiary/aromatic N) is 1. The van der Waals surface area contributed by atoms with Crippen LogP contribution in [0.25, 0.3) is 0 Å². The van der Waals surface area contributed by atoms with E-state index in [1.807, 2.05) is 39.1 Å². The highest BCUT2D eigenvalue weighted by Gasteiger charge is 2.21. The van der Waals surface area contributed by atoms with Crippen molar-refractivity contribution in [3.8, 4) is 0 Å². The molecule has 1 N–H and O–H groups in total. The average molecular weight is 290 g/mol. The first kappa shape index (κ1) is 15.8. The molecule has 0 spiro atoms. The van der Waals surface area contributed by atoms with Gasteiger partial charge in [-0.2, -0.15) is 0 Å². The molecule has 0 radical (unpaired) electrons. The third kappa shape index (κ3) is 4.74. The van der Waals surface area contributed by atoms with E-state index in [1.54, 1.807) is 4.90 Å². The second kappa shape index (κ2) is 7.46. The number of hydrogen-bond donors (Lipinski definition) is 1. The van der Waals surface area contributed by atoms with E-state index in [0.717, 1.165) is 35.9 Å². The summed E-state index contributed by atoms with van der Waals surface area (Å²) in [5.41, 5.74) is 2.79. The van der Waals surface area contributed by atoms with Crippen LogP contribution in [0.15, 0.2) is 18.2 Å². The minimum Gasteiger partial charge on any atom is -0.385 e. The van der Waals surface area contributed by atoms with Crippen molar-refractivity contribution in [2.24, 2.45) is 5.92 Å². The largest absolute Gasteiger partial charge is 0.385 e. The van der Waals surface area contributed by atoms with Gasteiger partial charge in [-0.3, -0.25) is 4.79 Å². The van der Waals surface area contributed by atoms with Crippen molar-refractivity contribution in [2.75, 3.05) is 38.7 Å². The summed E-state index contributed by atoms with van der Waals surface area (Å²) in [6, 6.07) is 5.90. The lowest BCUT2D eigenvalue weighted by atomic mass is 10.1. The Bertz CT molecular complexity index is 484. The number of carbonyl (C=O) groups is 1. The number of nitrogens with one attached hydrogen (secondary N) is 1. The summed E-state index contributed by atoms with van der Waals surface area (Å²) in [5.74, 6) is 0.810. The van der Waals surface area contributed by atoms with Crippen molar-refractivity contribution in [1.82, 2.24) is 4.90 Å². The van der Waals surface area contributed by atoms with Gasteiger partial charge in [0.2, 0.25) is 0 Å². The number of rotatable bonds is 8. The Morgan fingerprint density at radius 1 is 1.43 bits per heavy atom. The van der Waals surface area contributed by atoms with Crippen molar-refractivity contribution >= 4 is 11.6 Å². The lowest BCUT2D eigenvalue weighted by Gasteiger charge is -2.19. The van der Waals surface area contributed by atoms with Crippen LogP contribution in [-0.2, 0) is 4.74 Å². The second-order valence-electron chi connectivity index (χ2n) is 5.82. The molecule has 0 aliphatic heterocycles. The molecule has 1 aromatic rings. The molecule has 1 aromatic carbocycles. The van der Waals surface area contributed by atoms with E-state index in [4.69, 9.17) is 4.74 Å². The SMILES string of the molecule is CCNc1cc(C)ccc1C(=O)N(C)CCOCC1CC1. The highest BCUT2D eigenvalue weighted by Crippen LogP contribution is 2.28. The summed E-state index contributed by atoms with van der Waals surface area (Å²) in [4.78, 5) is 14.3. The standard InChI is InChI=1S/C17H26N2O2/c1-4-18-16-11-13(2)5-8-15(16)17(20)19(3)9-10-21-12-14-6-7-14/h5,8,11,14,18H,4,6-7,9-10,12H2,1-3H3. The predicted octanol–water partition coefficient (Wildman–Crippen LogP) is 2.93. The van der Waals surface area contributed by atoms with Crippen LogP contribution in [0, 0.1) is 12.8 Å². The highest BCUT2D eigenvalue weighted by atomic mass is 16.5. The number of amides is 1. The molecule has 1 aliphatic carbocycles. The van der Waals surface area contributed by atoms with Gasteiger partial charge in [0.15, 0.2) is 0 Å². The molecule has 0 heterocycles. The number of likely N-dealkylation sites (N-methyl/N-ethyl adjacent to an activating group) is 1. The molecule has 4 nitrogen and oxygen atoms in total. The molecular formula is C17H26N2O2. The first-order valence-electron chi connectivity index (χ1n) is 7.79. The quantitative estimate of drug-likeness (QED) is 0.748. The maximum Gasteiger partial charge on any atom is 0.255 e. The number of anilines is 1. The zero-order valence-electron chi connectivity index (χ0n) is 13.3. The molecule has 0 bridgehead atoms. The summed E-state index contributed by atoms with van der Waals surface area (Å²) >= 11 is 0. The summed E-state index contributed by atoms with van der Waals surface area (Å²) in [6.07, 6.45) is 2.59. The van der Waals surface area contributed by atoms with Crippen molar-refractivity contribution in [1.29, 1.82) is 0 Å². The van der Waals surface area contributed by atoms with Crippen LogP contribution in [0.5, 0.6) is 0 Å². The molecule has 0 unspecified atom stereocenters. The van der Waals surface area contributed by atoms with Gasteiger partial charge in [0.05, 0.1) is 12.2 Å². The maximum atomic E-state index is 12.5. The first-order valence-corrected chi connectivity index (χ1v) is 7.79. The fourth-order valence-corrected chi connectivity index (χ4v) is 2.22. The van der Waals surface area contributed by atoms with E-state index in [9.17, 15) is 4.79 Å². The molecule has 1 amide bonds. The smallest absolute Gasteiger partial charge is 0.255 e. The fourth-order valence-electron chi connectivity index (χ4n) is 2.22. The molecular weight excluding hydrogens is 264 g/mol. The van der Waals surface area contributed by atoms with Gasteiger partial charge in [0, 0.05) is 32.4 Å². The lowest BCUT2D eigenvalue weighted by Crippen LogP contribution is -2.31. The van der Waals surface area contributed by atoms with Crippen LogP contribution >= 0.6 is 0 Å². The van der Waals surface area contributed by atoms with Crippen LogP contribution in [0.1, 0.15) is 35.7 Å². The van der Waals surface area contributed by atoms with E-state index in [0.29, 0.717) is 13.2 Å². The molecule has 0 aromatic heterocycles. The van der Waals surface area contributed by atoms with E-state index in [2.05, 4.69) is 5.32 Å². The van der Waals surface area contributed by atoms with Crippen molar-refractivity contribution < 1.29 is 9.53 Å². The minimum atomic E-state index is 0.0426. The highest BCUT2D eigenvalue weighted by molar-refractivity contribution is 5.99. The van der Waals surface area contributed by atoms with E-state index in [-0.39, 0.29) is 5.91 Å². The van der Waals surface area contributed by atoms with Gasteiger partial charge in [0.1, 0.15) is 0 Å². The Balaban J connectivity index is 1.90. The number of carbonyl (C=O) groups excluding carboxylic acids is 1. The molecule has 0 atom stereocenters. The van der Waals surface area contributed by atoms with Gasteiger partial charge in [-0.15, -0.1) is 0 Å². The van der Waals surface area contributed by atoms with Crippen molar-refractivity contribution in [2.45, 2.75) is 26.7 Å². The number of ether oxygens (including phenoxy) is 1. The zero-order valence-corrected chi connectivity index (χ0v) is 13.3. The van der Waals surface area contributed by atoms with E-state index in [1.165, 1.54) is 12.8 Å². The maximum absolute atomic E-state index is 12.5. The molecule has 2 rings (SSSR count). The Morgan fingerprint density at radius 3 is 2.86 bits per heavy atom. The summed E-state index contributed by atoms with van der Waals surface area (Å²) in [6.45, 7) is 6.95. The Labute approximate surface area is 127 Å². The summed E-state index contributed by atoms with van der Waals surface area (Å²) in [5, 5.41) is 3.26. The van der Waals surface area contributed by atoms with Crippen LogP contribution in [0.4, 0.5) is 5.69 Å². The predicted molar refractivity (Wildman–Crippen MR) is 85.8 cm³/mol. The molecule has 0 saturated heterocycles. The fraction of sp³-hybridized carbons (Fsp3) is 0.588. The number of hydrogen-bond acceptors (Lipinski definition) is 3. The third-order valence-corrected chi connectivity index (χ3v) is 3.74. The number of benzene rings is 1. The molecule has 21 heavy (non-hydrogen) atoms. The second-order valence-corrected chi connectivity index (χ2v) is 5.82. The summed E-state index contributed by atoms with van der Waals surface area (Å²) in [7, 11) is 1.83. The van der Waals surface area contributed by atoms with E-state index >= 15 is 0 Å². The van der Waals surface area contributed by atoms with Gasteiger partial charge in [-0.25, -0.2) is 0 Å². The van der Waals surface area contributed by atoms with Crippen molar-refractivity contribution in [3.05, 3.63) is 29.3 Å². The van der Waals surface area contributed by atoms with Crippen molar-refractivity contribution in [3.63, 3.8) is 0 Å². The lowest BCUT2D eigenvalue weighted by molar-refractivity contribution is 0.0682. The van der Waals surface area contributed by atoms with Crippen LogP contribution in [-0.4, -0.2) is 44.2 Å². The van der Waals surface area contributed by atoms with Gasteiger partial charge >= 0.3 is 0 Å².